The first-order valence-corrected chi connectivity index (χ1v) is 19.2. The van der Waals surface area contributed by atoms with E-state index in [1.807, 2.05) is 29.5 Å². The Bertz CT molecular complexity index is 3170. The van der Waals surface area contributed by atoms with Gasteiger partial charge in [0.05, 0.1) is 5.41 Å². The van der Waals surface area contributed by atoms with Crippen LogP contribution in [-0.2, 0) is 5.41 Å². The predicted octanol–water partition coefficient (Wildman–Crippen LogP) is 12.7. The molecule has 12 rings (SSSR count). The summed E-state index contributed by atoms with van der Waals surface area (Å²) in [7, 11) is 0. The van der Waals surface area contributed by atoms with E-state index < -0.39 is 5.41 Å². The molecule has 2 aliphatic carbocycles. The molecule has 0 N–H and O–H groups in total. The van der Waals surface area contributed by atoms with Crippen LogP contribution in [0.2, 0.25) is 0 Å². The zero-order valence-corrected chi connectivity index (χ0v) is 29.8. The Morgan fingerprint density at radius 3 is 1.78 bits per heavy atom. The van der Waals surface area contributed by atoms with E-state index >= 15 is 0 Å². The zero-order chi connectivity index (χ0) is 35.4. The van der Waals surface area contributed by atoms with Crippen molar-refractivity contribution in [1.29, 1.82) is 0 Å². The minimum absolute atomic E-state index is 0.522. The highest BCUT2D eigenvalue weighted by atomic mass is 32.1. The lowest BCUT2D eigenvalue weighted by Gasteiger charge is -2.40. The van der Waals surface area contributed by atoms with Crippen LogP contribution < -0.4 is 0 Å². The van der Waals surface area contributed by atoms with Gasteiger partial charge in [-0.05, 0) is 67.4 Å². The highest BCUT2D eigenvalue weighted by Crippen LogP contribution is 2.63. The van der Waals surface area contributed by atoms with Crippen molar-refractivity contribution in [3.05, 3.63) is 198 Å². The summed E-state index contributed by atoms with van der Waals surface area (Å²) >= 11 is 1.81. The van der Waals surface area contributed by atoms with Crippen molar-refractivity contribution in [1.82, 2.24) is 15.0 Å². The van der Waals surface area contributed by atoms with Crippen LogP contribution in [0.4, 0.5) is 0 Å². The average molecular weight is 704 g/mol. The van der Waals surface area contributed by atoms with Crippen molar-refractivity contribution < 1.29 is 0 Å². The van der Waals surface area contributed by atoms with Crippen molar-refractivity contribution in [2.24, 2.45) is 0 Å². The molecule has 0 saturated heterocycles. The van der Waals surface area contributed by atoms with Gasteiger partial charge in [0.1, 0.15) is 0 Å². The summed E-state index contributed by atoms with van der Waals surface area (Å²) < 4.78 is 2.48. The Hall–Kier alpha value is -6.75. The van der Waals surface area contributed by atoms with Gasteiger partial charge in [-0.25, -0.2) is 15.0 Å². The second-order valence-electron chi connectivity index (χ2n) is 14.2. The molecule has 0 aliphatic heterocycles. The van der Waals surface area contributed by atoms with Gasteiger partial charge in [-0.15, -0.1) is 11.3 Å². The number of thiophene rings is 1. The maximum absolute atomic E-state index is 5.42. The predicted molar refractivity (Wildman–Crippen MR) is 223 cm³/mol. The first-order valence-electron chi connectivity index (χ1n) is 18.4. The number of fused-ring (bicyclic) bond motifs is 12. The van der Waals surface area contributed by atoms with Crippen molar-refractivity contribution in [3.8, 4) is 56.4 Å². The molecule has 1 unspecified atom stereocenters. The third-order valence-corrected chi connectivity index (χ3v) is 12.7. The molecule has 0 fully saturated rings. The molecule has 0 bridgehead atoms. The summed E-state index contributed by atoms with van der Waals surface area (Å²) in [6, 6.07) is 63.6. The molecule has 10 aromatic rings. The molecule has 8 aromatic carbocycles. The zero-order valence-electron chi connectivity index (χ0n) is 29.0. The fourth-order valence-corrected chi connectivity index (χ4v) is 10.6. The number of hydrogen-bond donors (Lipinski definition) is 0. The molecular weight excluding hydrogens is 675 g/mol. The molecule has 1 atom stereocenters. The van der Waals surface area contributed by atoms with Gasteiger partial charge in [-0.2, -0.15) is 0 Å². The van der Waals surface area contributed by atoms with E-state index in [4.69, 9.17) is 15.0 Å². The molecule has 3 nitrogen and oxygen atoms in total. The Morgan fingerprint density at radius 1 is 0.352 bits per heavy atom. The van der Waals surface area contributed by atoms with Gasteiger partial charge in [0.15, 0.2) is 17.5 Å². The third kappa shape index (κ3) is 3.92. The largest absolute Gasteiger partial charge is 0.208 e. The van der Waals surface area contributed by atoms with E-state index in [-0.39, 0.29) is 0 Å². The van der Waals surface area contributed by atoms with Crippen molar-refractivity contribution in [3.63, 3.8) is 0 Å². The Morgan fingerprint density at radius 2 is 0.907 bits per heavy atom. The summed E-state index contributed by atoms with van der Waals surface area (Å²) in [6.07, 6.45) is 0. The first kappa shape index (κ1) is 29.8. The normalized spacial score (nSPS) is 15.1. The molecule has 0 amide bonds. The van der Waals surface area contributed by atoms with Crippen LogP contribution in [0.5, 0.6) is 0 Å². The van der Waals surface area contributed by atoms with Crippen LogP contribution in [-0.4, -0.2) is 15.0 Å². The van der Waals surface area contributed by atoms with E-state index in [9.17, 15) is 0 Å². The highest BCUT2D eigenvalue weighted by molar-refractivity contribution is 7.25. The highest BCUT2D eigenvalue weighted by Gasteiger charge is 2.50. The van der Waals surface area contributed by atoms with Crippen molar-refractivity contribution in [2.45, 2.75) is 5.41 Å². The molecule has 4 heteroatoms. The lowest BCUT2D eigenvalue weighted by atomic mass is 9.61. The molecule has 2 heterocycles. The SMILES string of the molecule is c1ccc(-c2nc(-c3cccc4c3-c3ccccc3C43c4ccccc4-c4cccc5cccc3c45)nc(-c3cccc4sc5ccccc5c34)n2)cc1. The molecule has 1 spiro atoms. The summed E-state index contributed by atoms with van der Waals surface area (Å²) in [5.74, 6) is 2.00. The monoisotopic (exact) mass is 703 g/mol. The van der Waals surface area contributed by atoms with E-state index in [2.05, 4.69) is 158 Å². The molecular formula is C50H29N3S. The Balaban J connectivity index is 1.18. The number of hydrogen-bond acceptors (Lipinski definition) is 4. The number of benzene rings is 8. The van der Waals surface area contributed by atoms with Gasteiger partial charge >= 0.3 is 0 Å². The van der Waals surface area contributed by atoms with Gasteiger partial charge < -0.3 is 0 Å². The fraction of sp³-hybridized carbons (Fsp3) is 0.0200. The fourth-order valence-electron chi connectivity index (χ4n) is 9.46. The second kappa shape index (κ2) is 11.1. The van der Waals surface area contributed by atoms with E-state index in [0.717, 1.165) is 16.7 Å². The summed E-state index contributed by atoms with van der Waals surface area (Å²) in [5.41, 5.74) is 12.6. The van der Waals surface area contributed by atoms with Gasteiger partial charge in [-0.1, -0.05) is 164 Å². The summed E-state index contributed by atoms with van der Waals surface area (Å²) in [4.78, 5) is 16.0. The lowest BCUT2D eigenvalue weighted by Crippen LogP contribution is -2.31. The quantitative estimate of drug-likeness (QED) is 0.184. The number of aromatic nitrogens is 3. The van der Waals surface area contributed by atoms with Gasteiger partial charge in [0, 0.05) is 36.9 Å². The van der Waals surface area contributed by atoms with Crippen LogP contribution in [0.3, 0.4) is 0 Å². The van der Waals surface area contributed by atoms with E-state index in [1.54, 1.807) is 0 Å². The first-order chi connectivity index (χ1) is 26.8. The van der Waals surface area contributed by atoms with Gasteiger partial charge in [0.25, 0.3) is 0 Å². The van der Waals surface area contributed by atoms with Gasteiger partial charge in [-0.3, -0.25) is 0 Å². The topological polar surface area (TPSA) is 38.7 Å². The van der Waals surface area contributed by atoms with Crippen LogP contribution in [0.1, 0.15) is 22.3 Å². The Labute approximate surface area is 315 Å². The number of nitrogens with zero attached hydrogens (tertiary/aromatic N) is 3. The Kier molecular flexibility index (Phi) is 6.14. The van der Waals surface area contributed by atoms with Crippen LogP contribution in [0, 0.1) is 0 Å². The lowest BCUT2D eigenvalue weighted by molar-refractivity contribution is 0.773. The molecule has 250 valence electrons. The standard InChI is InChI=1S/C50H29N3S/c1-2-14-31(15-3-1)47-51-48(53-49(52-47)37-23-13-29-43-46(37)35-20-6-9-28-42(35)54-43)36-22-12-27-41-45(36)34-19-5-8-25-39(34)50(41)38-24-7-4-18-32(38)33-21-10-16-30-17-11-26-40(50)44(30)33/h1-29H. The molecule has 2 aromatic heterocycles. The summed E-state index contributed by atoms with van der Waals surface area (Å²) in [6.45, 7) is 0. The van der Waals surface area contributed by atoms with Crippen molar-refractivity contribution in [2.75, 3.05) is 0 Å². The molecule has 2 aliphatic rings. The van der Waals surface area contributed by atoms with Crippen LogP contribution >= 0.6 is 11.3 Å². The average Bonchev–Trinajstić information content (AvgIpc) is 3.77. The number of rotatable bonds is 3. The van der Waals surface area contributed by atoms with Crippen LogP contribution in [0.15, 0.2) is 176 Å². The van der Waals surface area contributed by atoms with E-state index in [1.165, 1.54) is 75.5 Å². The minimum Gasteiger partial charge on any atom is -0.208 e. The third-order valence-electron chi connectivity index (χ3n) is 11.6. The van der Waals surface area contributed by atoms with Crippen LogP contribution in [0.25, 0.3) is 87.4 Å². The molecule has 0 radical (unpaired) electrons. The molecule has 54 heavy (non-hydrogen) atoms. The minimum atomic E-state index is -0.522. The summed E-state index contributed by atoms with van der Waals surface area (Å²) in [5, 5.41) is 4.97. The van der Waals surface area contributed by atoms with Gasteiger partial charge in [0.2, 0.25) is 0 Å². The van der Waals surface area contributed by atoms with Crippen molar-refractivity contribution >= 4 is 42.3 Å². The second-order valence-corrected chi connectivity index (χ2v) is 15.3. The maximum Gasteiger partial charge on any atom is 0.164 e. The smallest absolute Gasteiger partial charge is 0.164 e. The molecule has 0 saturated carbocycles. The maximum atomic E-state index is 5.42. The van der Waals surface area contributed by atoms with E-state index in [0.29, 0.717) is 17.5 Å².